The zero-order chi connectivity index (χ0) is 12.3. The summed E-state index contributed by atoms with van der Waals surface area (Å²) in [5.74, 6) is 2.45. The first-order valence-electron chi connectivity index (χ1n) is 5.66. The molecule has 0 bridgehead atoms. The predicted octanol–water partition coefficient (Wildman–Crippen LogP) is 2.98. The zero-order valence-electron chi connectivity index (χ0n) is 10.1. The third-order valence-electron chi connectivity index (χ3n) is 2.58. The lowest BCUT2D eigenvalue weighted by Gasteiger charge is -2.11. The van der Waals surface area contributed by atoms with Gasteiger partial charge in [-0.15, -0.1) is 0 Å². The van der Waals surface area contributed by atoms with Crippen LogP contribution in [-0.4, -0.2) is 6.61 Å². The molecule has 3 heteroatoms. The third-order valence-corrected chi connectivity index (χ3v) is 2.58. The topological polar surface area (TPSA) is 48.4 Å². The van der Waals surface area contributed by atoms with Crippen molar-refractivity contribution in [2.45, 2.75) is 19.9 Å². The molecule has 0 fully saturated rings. The summed E-state index contributed by atoms with van der Waals surface area (Å²) in [6.07, 6.45) is 0. The minimum atomic E-state index is -0.231. The van der Waals surface area contributed by atoms with Crippen molar-refractivity contribution >= 4 is 0 Å². The molecule has 1 heterocycles. The van der Waals surface area contributed by atoms with E-state index in [2.05, 4.69) is 0 Å². The van der Waals surface area contributed by atoms with Crippen LogP contribution in [-0.2, 0) is 0 Å². The van der Waals surface area contributed by atoms with E-state index >= 15 is 0 Å². The van der Waals surface area contributed by atoms with Crippen LogP contribution in [0.4, 0.5) is 0 Å². The van der Waals surface area contributed by atoms with Gasteiger partial charge < -0.3 is 14.9 Å². The normalized spacial score (nSPS) is 12.4. The van der Waals surface area contributed by atoms with Gasteiger partial charge in [0.2, 0.25) is 0 Å². The Morgan fingerprint density at radius 1 is 1.12 bits per heavy atom. The van der Waals surface area contributed by atoms with E-state index < -0.39 is 0 Å². The molecule has 2 rings (SSSR count). The highest BCUT2D eigenvalue weighted by Gasteiger charge is 2.10. The van der Waals surface area contributed by atoms with Crippen molar-refractivity contribution in [3.05, 3.63) is 53.5 Å². The van der Waals surface area contributed by atoms with E-state index in [4.69, 9.17) is 14.9 Å². The molecule has 0 spiro atoms. The molecule has 17 heavy (non-hydrogen) atoms. The Hall–Kier alpha value is -1.74. The van der Waals surface area contributed by atoms with Gasteiger partial charge in [0.05, 0.1) is 6.04 Å². The first-order valence-corrected chi connectivity index (χ1v) is 5.66. The minimum absolute atomic E-state index is 0.231. The van der Waals surface area contributed by atoms with E-state index in [0.717, 1.165) is 17.3 Å². The van der Waals surface area contributed by atoms with Gasteiger partial charge in [0.25, 0.3) is 0 Å². The van der Waals surface area contributed by atoms with E-state index in [0.29, 0.717) is 6.61 Å². The maximum atomic E-state index is 5.97. The average molecular weight is 231 g/mol. The smallest absolute Gasteiger partial charge is 0.124 e. The van der Waals surface area contributed by atoms with Gasteiger partial charge in [0, 0.05) is 0 Å². The van der Waals surface area contributed by atoms with E-state index in [9.17, 15) is 0 Å². The molecule has 0 aliphatic heterocycles. The molecule has 0 radical (unpaired) electrons. The first-order chi connectivity index (χ1) is 8.15. The van der Waals surface area contributed by atoms with Gasteiger partial charge in [0.1, 0.15) is 23.9 Å². The minimum Gasteiger partial charge on any atom is -0.491 e. The molecule has 1 aromatic heterocycles. The largest absolute Gasteiger partial charge is 0.491 e. The highest BCUT2D eigenvalue weighted by molar-refractivity contribution is 5.26. The van der Waals surface area contributed by atoms with Gasteiger partial charge >= 0.3 is 0 Å². The van der Waals surface area contributed by atoms with Crippen LogP contribution < -0.4 is 10.5 Å². The van der Waals surface area contributed by atoms with Crippen LogP contribution in [0.2, 0.25) is 0 Å². The summed E-state index contributed by atoms with van der Waals surface area (Å²) in [7, 11) is 0. The Kier molecular flexibility index (Phi) is 3.49. The fraction of sp³-hybridized carbons (Fsp3) is 0.286. The second-order valence-corrected chi connectivity index (χ2v) is 4.18. The SMILES string of the molecule is Cc1ccc(OCC(N)c2ccc(C)o2)cc1. The van der Waals surface area contributed by atoms with Crippen LogP contribution in [0, 0.1) is 13.8 Å². The second-order valence-electron chi connectivity index (χ2n) is 4.18. The van der Waals surface area contributed by atoms with Gasteiger partial charge in [-0.25, -0.2) is 0 Å². The van der Waals surface area contributed by atoms with Gasteiger partial charge in [-0.3, -0.25) is 0 Å². The highest BCUT2D eigenvalue weighted by atomic mass is 16.5. The number of hydrogen-bond donors (Lipinski definition) is 1. The van der Waals surface area contributed by atoms with Crippen molar-refractivity contribution < 1.29 is 9.15 Å². The summed E-state index contributed by atoms with van der Waals surface area (Å²) in [6, 6.07) is 11.5. The number of nitrogens with two attached hydrogens (primary N) is 1. The van der Waals surface area contributed by atoms with E-state index in [1.54, 1.807) is 0 Å². The van der Waals surface area contributed by atoms with Crippen LogP contribution >= 0.6 is 0 Å². The van der Waals surface area contributed by atoms with Gasteiger partial charge in [-0.1, -0.05) is 17.7 Å². The van der Waals surface area contributed by atoms with Crippen LogP contribution in [0.15, 0.2) is 40.8 Å². The zero-order valence-corrected chi connectivity index (χ0v) is 10.1. The van der Waals surface area contributed by atoms with E-state index in [1.165, 1.54) is 5.56 Å². The molecular formula is C14H17NO2. The fourth-order valence-corrected chi connectivity index (χ4v) is 1.56. The van der Waals surface area contributed by atoms with Crippen LogP contribution in [0.3, 0.4) is 0 Å². The van der Waals surface area contributed by atoms with Crippen LogP contribution in [0.5, 0.6) is 5.75 Å². The summed E-state index contributed by atoms with van der Waals surface area (Å²) >= 11 is 0. The van der Waals surface area contributed by atoms with E-state index in [-0.39, 0.29) is 6.04 Å². The molecule has 3 nitrogen and oxygen atoms in total. The Morgan fingerprint density at radius 3 is 2.41 bits per heavy atom. The van der Waals surface area contributed by atoms with Crippen molar-refractivity contribution in [3.8, 4) is 5.75 Å². The lowest BCUT2D eigenvalue weighted by molar-refractivity contribution is 0.271. The van der Waals surface area contributed by atoms with Gasteiger partial charge in [0.15, 0.2) is 0 Å². The Morgan fingerprint density at radius 2 is 1.82 bits per heavy atom. The molecule has 2 N–H and O–H groups in total. The fourth-order valence-electron chi connectivity index (χ4n) is 1.56. The number of aryl methyl sites for hydroxylation is 2. The summed E-state index contributed by atoms with van der Waals surface area (Å²) in [4.78, 5) is 0. The average Bonchev–Trinajstić information content (AvgIpc) is 2.75. The lowest BCUT2D eigenvalue weighted by Crippen LogP contribution is -2.18. The molecule has 1 unspecified atom stereocenters. The molecule has 0 aliphatic rings. The number of furan rings is 1. The molecule has 0 saturated carbocycles. The van der Waals surface area contributed by atoms with Crippen molar-refractivity contribution in [1.82, 2.24) is 0 Å². The third kappa shape index (κ3) is 3.11. The second kappa shape index (κ2) is 5.06. The summed E-state index contributed by atoms with van der Waals surface area (Å²) < 4.78 is 11.0. The maximum absolute atomic E-state index is 5.97. The standard InChI is InChI=1S/C14H17NO2/c1-10-3-6-12(7-4-10)16-9-13(15)14-8-5-11(2)17-14/h3-8,13H,9,15H2,1-2H3. The molecule has 0 amide bonds. The number of hydrogen-bond acceptors (Lipinski definition) is 3. The van der Waals surface area contributed by atoms with Crippen molar-refractivity contribution in [2.24, 2.45) is 5.73 Å². The Labute approximate surface area is 101 Å². The van der Waals surface area contributed by atoms with Crippen LogP contribution in [0.1, 0.15) is 23.1 Å². The molecule has 1 aromatic carbocycles. The Balaban J connectivity index is 1.92. The molecule has 90 valence electrons. The van der Waals surface area contributed by atoms with Crippen molar-refractivity contribution in [3.63, 3.8) is 0 Å². The summed E-state index contributed by atoms with van der Waals surface area (Å²) in [5, 5.41) is 0. The highest BCUT2D eigenvalue weighted by Crippen LogP contribution is 2.17. The molecular weight excluding hydrogens is 214 g/mol. The number of rotatable bonds is 4. The molecule has 0 aliphatic carbocycles. The monoisotopic (exact) mass is 231 g/mol. The Bertz CT molecular complexity index is 473. The predicted molar refractivity (Wildman–Crippen MR) is 67.0 cm³/mol. The lowest BCUT2D eigenvalue weighted by atomic mass is 10.2. The molecule has 0 saturated heterocycles. The molecule has 2 aromatic rings. The van der Waals surface area contributed by atoms with E-state index in [1.807, 2.05) is 50.2 Å². The van der Waals surface area contributed by atoms with Gasteiger partial charge in [-0.05, 0) is 38.1 Å². The van der Waals surface area contributed by atoms with Crippen molar-refractivity contribution in [1.29, 1.82) is 0 Å². The number of ether oxygens (including phenoxy) is 1. The summed E-state index contributed by atoms with van der Waals surface area (Å²) in [5.41, 5.74) is 7.18. The molecule has 1 atom stereocenters. The number of benzene rings is 1. The quantitative estimate of drug-likeness (QED) is 0.880. The van der Waals surface area contributed by atoms with Crippen LogP contribution in [0.25, 0.3) is 0 Å². The van der Waals surface area contributed by atoms with Gasteiger partial charge in [-0.2, -0.15) is 0 Å². The van der Waals surface area contributed by atoms with Crippen molar-refractivity contribution in [2.75, 3.05) is 6.61 Å². The maximum Gasteiger partial charge on any atom is 0.124 e. The first kappa shape index (κ1) is 11.7. The summed E-state index contributed by atoms with van der Waals surface area (Å²) in [6.45, 7) is 4.36.